The quantitative estimate of drug-likeness (QED) is 0.920. The molecule has 1 saturated heterocycles. The van der Waals surface area contributed by atoms with Gasteiger partial charge in [0.25, 0.3) is 0 Å². The van der Waals surface area contributed by atoms with Crippen LogP contribution in [0.5, 0.6) is 0 Å². The SMILES string of the molecule is CC(c1ccc(Cl)cc1)N(C)C1(CN)CCN(C)C1. The Morgan fingerprint density at radius 1 is 1.42 bits per heavy atom. The molecule has 106 valence electrons. The summed E-state index contributed by atoms with van der Waals surface area (Å²) in [6.45, 7) is 5.09. The molecule has 2 atom stereocenters. The number of hydrogen-bond acceptors (Lipinski definition) is 3. The normalized spacial score (nSPS) is 26.0. The van der Waals surface area contributed by atoms with E-state index >= 15 is 0 Å². The van der Waals surface area contributed by atoms with Crippen molar-refractivity contribution in [3.05, 3.63) is 34.9 Å². The van der Waals surface area contributed by atoms with Gasteiger partial charge in [-0.15, -0.1) is 0 Å². The fraction of sp³-hybridized carbons (Fsp3) is 0.600. The lowest BCUT2D eigenvalue weighted by molar-refractivity contribution is 0.0922. The highest BCUT2D eigenvalue weighted by Crippen LogP contribution is 2.32. The van der Waals surface area contributed by atoms with Crippen LogP contribution in [0, 0.1) is 0 Å². The Hall–Kier alpha value is -0.610. The summed E-state index contributed by atoms with van der Waals surface area (Å²) in [5.41, 5.74) is 7.46. The van der Waals surface area contributed by atoms with E-state index in [2.05, 4.69) is 43.0 Å². The average Bonchev–Trinajstić information content (AvgIpc) is 2.81. The van der Waals surface area contributed by atoms with Crippen molar-refractivity contribution < 1.29 is 0 Å². The number of likely N-dealkylation sites (N-methyl/N-ethyl adjacent to an activating group) is 2. The second kappa shape index (κ2) is 5.80. The lowest BCUT2D eigenvalue weighted by atomic mass is 9.93. The Morgan fingerprint density at radius 2 is 2.05 bits per heavy atom. The minimum atomic E-state index is 0.0911. The van der Waals surface area contributed by atoms with Crippen LogP contribution in [0.15, 0.2) is 24.3 Å². The lowest BCUT2D eigenvalue weighted by Crippen LogP contribution is -2.54. The highest BCUT2D eigenvalue weighted by molar-refractivity contribution is 6.30. The Bertz CT molecular complexity index is 420. The number of likely N-dealkylation sites (tertiary alicyclic amines) is 1. The largest absolute Gasteiger partial charge is 0.329 e. The van der Waals surface area contributed by atoms with Crippen molar-refractivity contribution in [1.29, 1.82) is 0 Å². The summed E-state index contributed by atoms with van der Waals surface area (Å²) in [5, 5.41) is 0.785. The zero-order chi connectivity index (χ0) is 14.0. The van der Waals surface area contributed by atoms with Crippen molar-refractivity contribution in [3.63, 3.8) is 0 Å². The maximum Gasteiger partial charge on any atom is 0.0473 e. The fourth-order valence-corrected chi connectivity index (χ4v) is 3.16. The molecule has 1 heterocycles. The molecule has 3 nitrogen and oxygen atoms in total. The van der Waals surface area contributed by atoms with E-state index in [1.54, 1.807) is 0 Å². The standard InChI is InChI=1S/C15H24ClN3/c1-12(13-4-6-14(16)7-5-13)19(3)15(10-17)8-9-18(2)11-15/h4-7,12H,8-11,17H2,1-3H3. The molecule has 2 rings (SSSR count). The topological polar surface area (TPSA) is 32.5 Å². The zero-order valence-corrected chi connectivity index (χ0v) is 12.8. The van der Waals surface area contributed by atoms with Crippen LogP contribution in [-0.4, -0.2) is 49.1 Å². The van der Waals surface area contributed by atoms with E-state index in [4.69, 9.17) is 17.3 Å². The van der Waals surface area contributed by atoms with Gasteiger partial charge < -0.3 is 10.6 Å². The van der Waals surface area contributed by atoms with E-state index in [1.807, 2.05) is 12.1 Å². The van der Waals surface area contributed by atoms with Crippen molar-refractivity contribution in [2.75, 3.05) is 33.7 Å². The van der Waals surface area contributed by atoms with Gasteiger partial charge in [-0.25, -0.2) is 0 Å². The molecule has 4 heteroatoms. The number of benzene rings is 1. The second-order valence-electron chi connectivity index (χ2n) is 5.75. The lowest BCUT2D eigenvalue weighted by Gasteiger charge is -2.42. The van der Waals surface area contributed by atoms with Gasteiger partial charge in [0.15, 0.2) is 0 Å². The summed E-state index contributed by atoms with van der Waals surface area (Å²) in [6.07, 6.45) is 1.13. The van der Waals surface area contributed by atoms with Crippen LogP contribution in [0.3, 0.4) is 0 Å². The molecule has 1 aliphatic heterocycles. The van der Waals surface area contributed by atoms with Gasteiger partial charge in [0.2, 0.25) is 0 Å². The first-order chi connectivity index (χ1) is 8.98. The van der Waals surface area contributed by atoms with Gasteiger partial charge in [-0.1, -0.05) is 23.7 Å². The first-order valence-electron chi connectivity index (χ1n) is 6.85. The van der Waals surface area contributed by atoms with Gasteiger partial charge in [0, 0.05) is 29.7 Å². The fourth-order valence-electron chi connectivity index (χ4n) is 3.03. The van der Waals surface area contributed by atoms with Crippen LogP contribution < -0.4 is 5.73 Å². The molecule has 19 heavy (non-hydrogen) atoms. The summed E-state index contributed by atoms with van der Waals surface area (Å²) >= 11 is 5.96. The van der Waals surface area contributed by atoms with Gasteiger partial charge in [-0.3, -0.25) is 4.90 Å². The molecule has 0 spiro atoms. The summed E-state index contributed by atoms with van der Waals surface area (Å²) in [5.74, 6) is 0. The first-order valence-corrected chi connectivity index (χ1v) is 7.23. The van der Waals surface area contributed by atoms with Gasteiger partial charge in [0.05, 0.1) is 0 Å². The van der Waals surface area contributed by atoms with E-state index in [0.717, 1.165) is 24.5 Å². The van der Waals surface area contributed by atoms with E-state index in [1.165, 1.54) is 5.56 Å². The van der Waals surface area contributed by atoms with Crippen molar-refractivity contribution in [2.24, 2.45) is 5.73 Å². The molecule has 2 N–H and O–H groups in total. The highest BCUT2D eigenvalue weighted by atomic mass is 35.5. The molecule has 1 aromatic carbocycles. The van der Waals surface area contributed by atoms with Crippen LogP contribution >= 0.6 is 11.6 Å². The molecule has 1 fully saturated rings. The smallest absolute Gasteiger partial charge is 0.0473 e. The van der Waals surface area contributed by atoms with Crippen molar-refractivity contribution in [3.8, 4) is 0 Å². The number of halogens is 1. The molecule has 0 radical (unpaired) electrons. The summed E-state index contributed by atoms with van der Waals surface area (Å²) < 4.78 is 0. The molecular weight excluding hydrogens is 258 g/mol. The third-order valence-electron chi connectivity index (χ3n) is 4.58. The maximum absolute atomic E-state index is 6.08. The molecule has 0 amide bonds. The van der Waals surface area contributed by atoms with Crippen LogP contribution in [0.2, 0.25) is 5.02 Å². The van der Waals surface area contributed by atoms with E-state index in [-0.39, 0.29) is 5.54 Å². The number of hydrogen-bond donors (Lipinski definition) is 1. The summed E-state index contributed by atoms with van der Waals surface area (Å²) in [6, 6.07) is 8.46. The van der Waals surface area contributed by atoms with Crippen LogP contribution in [0.4, 0.5) is 0 Å². The maximum atomic E-state index is 6.08. The molecule has 2 unspecified atom stereocenters. The van der Waals surface area contributed by atoms with Crippen LogP contribution in [0.25, 0.3) is 0 Å². The Labute approximate surface area is 121 Å². The molecule has 1 aliphatic rings. The predicted octanol–water partition coefficient (Wildman–Crippen LogP) is 2.37. The first kappa shape index (κ1) is 14.8. The summed E-state index contributed by atoms with van der Waals surface area (Å²) in [7, 11) is 4.35. The Balaban J connectivity index is 2.18. The Kier molecular flexibility index (Phi) is 4.51. The minimum Gasteiger partial charge on any atom is -0.329 e. The monoisotopic (exact) mass is 281 g/mol. The highest BCUT2D eigenvalue weighted by Gasteiger charge is 2.40. The third kappa shape index (κ3) is 2.95. The van der Waals surface area contributed by atoms with Crippen molar-refractivity contribution >= 4 is 11.6 Å². The van der Waals surface area contributed by atoms with Crippen LogP contribution in [-0.2, 0) is 0 Å². The van der Waals surface area contributed by atoms with E-state index in [0.29, 0.717) is 12.6 Å². The van der Waals surface area contributed by atoms with Gasteiger partial charge >= 0.3 is 0 Å². The zero-order valence-electron chi connectivity index (χ0n) is 12.1. The van der Waals surface area contributed by atoms with E-state index < -0.39 is 0 Å². The molecular formula is C15H24ClN3. The average molecular weight is 282 g/mol. The number of nitrogens with two attached hydrogens (primary N) is 1. The molecule has 0 bridgehead atoms. The van der Waals surface area contributed by atoms with Gasteiger partial charge in [-0.2, -0.15) is 0 Å². The number of rotatable bonds is 4. The Morgan fingerprint density at radius 3 is 2.53 bits per heavy atom. The third-order valence-corrected chi connectivity index (χ3v) is 4.84. The predicted molar refractivity (Wildman–Crippen MR) is 81.5 cm³/mol. The van der Waals surface area contributed by atoms with Crippen molar-refractivity contribution in [1.82, 2.24) is 9.80 Å². The number of nitrogens with zero attached hydrogens (tertiary/aromatic N) is 2. The molecule has 0 aliphatic carbocycles. The summed E-state index contributed by atoms with van der Waals surface area (Å²) in [4.78, 5) is 4.79. The molecule has 1 aromatic rings. The van der Waals surface area contributed by atoms with Crippen LogP contribution in [0.1, 0.15) is 24.9 Å². The molecule has 0 saturated carbocycles. The second-order valence-corrected chi connectivity index (χ2v) is 6.19. The van der Waals surface area contributed by atoms with E-state index in [9.17, 15) is 0 Å². The van der Waals surface area contributed by atoms with Gasteiger partial charge in [0.1, 0.15) is 0 Å². The van der Waals surface area contributed by atoms with Gasteiger partial charge in [-0.05, 0) is 51.7 Å². The van der Waals surface area contributed by atoms with Crippen molar-refractivity contribution in [2.45, 2.75) is 24.9 Å². The molecule has 0 aromatic heterocycles. The minimum absolute atomic E-state index is 0.0911.